The summed E-state index contributed by atoms with van der Waals surface area (Å²) in [4.78, 5) is 11.3. The average Bonchev–Trinajstić information content (AvgIpc) is 2.61. The number of benzene rings is 2. The highest BCUT2D eigenvalue weighted by molar-refractivity contribution is 6.31. The molecule has 2 aromatic rings. The first kappa shape index (κ1) is 16.5. The Hall–Kier alpha value is -2.33. The van der Waals surface area contributed by atoms with Crippen LogP contribution in [0.2, 0.25) is 5.02 Å². The summed E-state index contributed by atoms with van der Waals surface area (Å²) in [7, 11) is 1.63. The molecule has 2 aromatic carbocycles. The Balaban J connectivity index is 1.94. The standard InChI is InChI=1S/C19H18ClNO3/c1-24-15-9-6-13(7-10-15)14-8-11-19(21(22)23)17(12-14)16-4-2-3-5-18(16)20/h2-10,17,19H,11-12H2,1H3. The molecule has 2 unspecified atom stereocenters. The van der Waals surface area contributed by atoms with Crippen LogP contribution in [0.5, 0.6) is 5.75 Å². The molecule has 1 aliphatic rings. The van der Waals surface area contributed by atoms with Crippen LogP contribution in [0.15, 0.2) is 54.6 Å². The molecule has 0 radical (unpaired) electrons. The fourth-order valence-corrected chi connectivity index (χ4v) is 3.53. The lowest BCUT2D eigenvalue weighted by Crippen LogP contribution is -2.30. The SMILES string of the molecule is COc1ccc(C2=CCC([N+](=O)[O-])C(c3ccccc3Cl)C2)cc1. The van der Waals surface area contributed by atoms with E-state index >= 15 is 0 Å². The second-order valence-corrected chi connectivity index (χ2v) is 6.29. The van der Waals surface area contributed by atoms with E-state index in [2.05, 4.69) is 0 Å². The minimum absolute atomic E-state index is 0.185. The molecular weight excluding hydrogens is 326 g/mol. The van der Waals surface area contributed by atoms with Crippen LogP contribution in [0.3, 0.4) is 0 Å². The number of rotatable bonds is 4. The van der Waals surface area contributed by atoms with Crippen LogP contribution >= 0.6 is 11.6 Å². The predicted octanol–water partition coefficient (Wildman–Crippen LogP) is 4.95. The summed E-state index contributed by atoms with van der Waals surface area (Å²) in [5.74, 6) is 0.566. The van der Waals surface area contributed by atoms with Crippen molar-refractivity contribution in [3.63, 3.8) is 0 Å². The summed E-state index contributed by atoms with van der Waals surface area (Å²) in [6.45, 7) is 0. The van der Waals surface area contributed by atoms with Crippen molar-refractivity contribution >= 4 is 17.2 Å². The van der Waals surface area contributed by atoms with Gasteiger partial charge in [0.05, 0.1) is 13.0 Å². The van der Waals surface area contributed by atoms with E-state index in [1.54, 1.807) is 13.2 Å². The van der Waals surface area contributed by atoms with Gasteiger partial charge in [-0.05, 0) is 41.3 Å². The highest BCUT2D eigenvalue weighted by atomic mass is 35.5. The number of ether oxygens (including phenoxy) is 1. The van der Waals surface area contributed by atoms with Crippen molar-refractivity contribution in [2.75, 3.05) is 7.11 Å². The first-order chi connectivity index (χ1) is 11.6. The summed E-state index contributed by atoms with van der Waals surface area (Å²) in [6, 6.07) is 14.5. The van der Waals surface area contributed by atoms with Crippen molar-refractivity contribution in [3.05, 3.63) is 80.9 Å². The monoisotopic (exact) mass is 343 g/mol. The van der Waals surface area contributed by atoms with Gasteiger partial charge in [-0.15, -0.1) is 0 Å². The lowest BCUT2D eigenvalue weighted by Gasteiger charge is -2.27. The minimum Gasteiger partial charge on any atom is -0.497 e. The number of hydrogen-bond donors (Lipinski definition) is 0. The van der Waals surface area contributed by atoms with E-state index in [1.165, 1.54) is 0 Å². The van der Waals surface area contributed by atoms with Gasteiger partial charge in [0.1, 0.15) is 5.75 Å². The molecule has 0 N–H and O–H groups in total. The number of nitro groups is 1. The summed E-state index contributed by atoms with van der Waals surface area (Å²) < 4.78 is 5.18. The van der Waals surface area contributed by atoms with E-state index in [9.17, 15) is 10.1 Å². The van der Waals surface area contributed by atoms with Crippen LogP contribution < -0.4 is 4.74 Å². The topological polar surface area (TPSA) is 52.4 Å². The molecule has 24 heavy (non-hydrogen) atoms. The van der Waals surface area contributed by atoms with Gasteiger partial charge in [-0.1, -0.05) is 48.0 Å². The number of allylic oxidation sites excluding steroid dienone is 1. The van der Waals surface area contributed by atoms with Gasteiger partial charge in [-0.3, -0.25) is 10.1 Å². The number of nitrogens with zero attached hydrogens (tertiary/aromatic N) is 1. The molecule has 1 aliphatic carbocycles. The summed E-state index contributed by atoms with van der Waals surface area (Å²) in [6.07, 6.45) is 2.98. The van der Waals surface area contributed by atoms with Crippen LogP contribution in [0.4, 0.5) is 0 Å². The van der Waals surface area contributed by atoms with E-state index in [1.807, 2.05) is 48.5 Å². The Morgan fingerprint density at radius 1 is 1.17 bits per heavy atom. The third-order valence-corrected chi connectivity index (χ3v) is 4.89. The number of halogens is 1. The van der Waals surface area contributed by atoms with Crippen LogP contribution in [-0.2, 0) is 0 Å². The molecule has 0 aromatic heterocycles. The molecule has 4 nitrogen and oxygen atoms in total. The molecule has 2 atom stereocenters. The highest BCUT2D eigenvalue weighted by Gasteiger charge is 2.36. The number of hydrogen-bond acceptors (Lipinski definition) is 3. The lowest BCUT2D eigenvalue weighted by molar-refractivity contribution is -0.526. The van der Waals surface area contributed by atoms with Gasteiger partial charge in [-0.2, -0.15) is 0 Å². The summed E-state index contributed by atoms with van der Waals surface area (Å²) >= 11 is 6.30. The second-order valence-electron chi connectivity index (χ2n) is 5.88. The molecule has 0 bridgehead atoms. The van der Waals surface area contributed by atoms with Crippen molar-refractivity contribution in [2.45, 2.75) is 24.8 Å². The van der Waals surface area contributed by atoms with Gasteiger partial charge in [0, 0.05) is 16.4 Å². The summed E-state index contributed by atoms with van der Waals surface area (Å²) in [5.41, 5.74) is 3.02. The normalized spacial score (nSPS) is 20.3. The van der Waals surface area contributed by atoms with Crippen LogP contribution in [0.1, 0.15) is 29.9 Å². The van der Waals surface area contributed by atoms with Gasteiger partial charge in [-0.25, -0.2) is 0 Å². The molecule has 0 saturated heterocycles. The van der Waals surface area contributed by atoms with Gasteiger partial charge < -0.3 is 4.74 Å². The van der Waals surface area contributed by atoms with Crippen molar-refractivity contribution in [1.82, 2.24) is 0 Å². The maximum atomic E-state index is 11.5. The van der Waals surface area contributed by atoms with Crippen molar-refractivity contribution in [2.24, 2.45) is 0 Å². The van der Waals surface area contributed by atoms with Crippen LogP contribution in [0.25, 0.3) is 5.57 Å². The van der Waals surface area contributed by atoms with E-state index in [0.29, 0.717) is 17.9 Å². The van der Waals surface area contributed by atoms with Gasteiger partial charge in [0.25, 0.3) is 0 Å². The zero-order valence-electron chi connectivity index (χ0n) is 13.3. The quantitative estimate of drug-likeness (QED) is 0.582. The molecule has 124 valence electrons. The second kappa shape index (κ2) is 7.05. The van der Waals surface area contributed by atoms with E-state index in [-0.39, 0.29) is 10.8 Å². The zero-order chi connectivity index (χ0) is 17.1. The highest BCUT2D eigenvalue weighted by Crippen LogP contribution is 2.41. The maximum absolute atomic E-state index is 11.5. The van der Waals surface area contributed by atoms with E-state index in [4.69, 9.17) is 16.3 Å². The zero-order valence-corrected chi connectivity index (χ0v) is 14.1. The Morgan fingerprint density at radius 2 is 1.88 bits per heavy atom. The van der Waals surface area contributed by atoms with E-state index in [0.717, 1.165) is 22.4 Å². The van der Waals surface area contributed by atoms with Crippen LogP contribution in [-0.4, -0.2) is 18.1 Å². The lowest BCUT2D eigenvalue weighted by atomic mass is 9.78. The average molecular weight is 344 g/mol. The van der Waals surface area contributed by atoms with Gasteiger partial charge in [0.15, 0.2) is 0 Å². The minimum atomic E-state index is -0.646. The fraction of sp³-hybridized carbons (Fsp3) is 0.263. The predicted molar refractivity (Wildman–Crippen MR) is 95.2 cm³/mol. The smallest absolute Gasteiger partial charge is 0.223 e. The van der Waals surface area contributed by atoms with Gasteiger partial charge in [0.2, 0.25) is 6.04 Å². The molecule has 0 amide bonds. The first-order valence-corrected chi connectivity index (χ1v) is 8.19. The largest absolute Gasteiger partial charge is 0.497 e. The molecule has 3 rings (SSSR count). The van der Waals surface area contributed by atoms with Crippen molar-refractivity contribution in [1.29, 1.82) is 0 Å². The summed E-state index contributed by atoms with van der Waals surface area (Å²) in [5, 5.41) is 12.1. The van der Waals surface area contributed by atoms with E-state index < -0.39 is 6.04 Å². The molecule has 0 heterocycles. The Kier molecular flexibility index (Phi) is 4.86. The molecule has 0 fully saturated rings. The van der Waals surface area contributed by atoms with Crippen molar-refractivity contribution < 1.29 is 9.66 Å². The Bertz CT molecular complexity index is 770. The fourth-order valence-electron chi connectivity index (χ4n) is 3.25. The third-order valence-electron chi connectivity index (χ3n) is 4.55. The first-order valence-electron chi connectivity index (χ1n) is 7.81. The van der Waals surface area contributed by atoms with Gasteiger partial charge >= 0.3 is 0 Å². The number of methoxy groups -OCH3 is 1. The molecule has 0 saturated carbocycles. The molecular formula is C19H18ClNO3. The van der Waals surface area contributed by atoms with Crippen molar-refractivity contribution in [3.8, 4) is 5.75 Å². The molecule has 5 heteroatoms. The van der Waals surface area contributed by atoms with Crippen LogP contribution in [0, 0.1) is 10.1 Å². The molecule has 0 spiro atoms. The molecule has 0 aliphatic heterocycles. The Labute approximate surface area is 145 Å². The maximum Gasteiger partial charge on any atom is 0.223 e. The third kappa shape index (κ3) is 3.29. The Morgan fingerprint density at radius 3 is 2.50 bits per heavy atom.